The number of hydrogen-bond donors (Lipinski definition) is 8. The molecule has 244 valence electrons. The van der Waals surface area contributed by atoms with Crippen LogP contribution in [0.2, 0.25) is 0 Å². The number of carbonyl (C=O) groups excluding carboxylic acids is 4. The molecule has 4 rings (SSSR count). The fourth-order valence-corrected chi connectivity index (χ4v) is 5.71. The number of primary amides is 1. The first-order valence-corrected chi connectivity index (χ1v) is 16.2. The number of para-hydroxylation sites is 2. The molecule has 13 nitrogen and oxygen atoms in total. The highest BCUT2D eigenvalue weighted by atomic mass is 32.2. The largest absolute Gasteiger partial charge is 0.480 e. The van der Waals surface area contributed by atoms with E-state index in [-0.39, 0.29) is 32.1 Å². The molecule has 0 bridgehead atoms. The molecule has 0 saturated carbocycles. The summed E-state index contributed by atoms with van der Waals surface area (Å²) in [7, 11) is 0. The van der Waals surface area contributed by atoms with E-state index >= 15 is 0 Å². The third-order valence-corrected chi connectivity index (χ3v) is 8.37. The van der Waals surface area contributed by atoms with E-state index in [1.807, 2.05) is 54.8 Å². The smallest absolute Gasteiger partial charge is 0.326 e. The lowest BCUT2D eigenvalue weighted by Crippen LogP contribution is -2.57. The molecule has 4 atom stereocenters. The average Bonchev–Trinajstić information content (AvgIpc) is 3.64. The number of carbonyl (C=O) groups is 5. The molecule has 4 aromatic rings. The molecule has 0 aliphatic carbocycles. The highest BCUT2D eigenvalue weighted by Gasteiger charge is 2.31. The third kappa shape index (κ3) is 8.88. The molecule has 4 amide bonds. The SMILES string of the molecule is CSCCC(NC(=O)C(CCC(N)=O)NC(=O)C(N)Cc1c[nH]c2ccccc12)C(=O)NC(Cc1c[nH]c2ccccc12)C(=O)O. The average molecular weight is 650 g/mol. The summed E-state index contributed by atoms with van der Waals surface area (Å²) >= 11 is 1.44. The maximum atomic E-state index is 13.5. The van der Waals surface area contributed by atoms with Crippen molar-refractivity contribution in [3.05, 3.63) is 72.1 Å². The number of benzene rings is 2. The molecule has 4 unspecified atom stereocenters. The Morgan fingerprint density at radius 1 is 0.761 bits per heavy atom. The number of fused-ring (bicyclic) bond motifs is 2. The third-order valence-electron chi connectivity index (χ3n) is 7.72. The second-order valence-electron chi connectivity index (χ2n) is 11.0. The first-order chi connectivity index (χ1) is 22.1. The van der Waals surface area contributed by atoms with Gasteiger partial charge in [0.2, 0.25) is 23.6 Å². The molecule has 14 heteroatoms. The van der Waals surface area contributed by atoms with Crippen LogP contribution in [0, 0.1) is 0 Å². The minimum absolute atomic E-state index is 0.0138. The zero-order valence-corrected chi connectivity index (χ0v) is 26.2. The Kier molecular flexibility index (Phi) is 11.8. The van der Waals surface area contributed by atoms with Crippen molar-refractivity contribution in [2.24, 2.45) is 11.5 Å². The number of amides is 4. The molecule has 46 heavy (non-hydrogen) atoms. The Labute approximate surface area is 269 Å². The lowest BCUT2D eigenvalue weighted by Gasteiger charge is -2.25. The van der Waals surface area contributed by atoms with Crippen molar-refractivity contribution < 1.29 is 29.1 Å². The van der Waals surface area contributed by atoms with Crippen molar-refractivity contribution in [2.45, 2.75) is 56.3 Å². The van der Waals surface area contributed by atoms with E-state index in [0.717, 1.165) is 27.4 Å². The van der Waals surface area contributed by atoms with Gasteiger partial charge >= 0.3 is 5.97 Å². The Hall–Kier alpha value is -4.82. The maximum absolute atomic E-state index is 13.5. The molecule has 0 spiro atoms. The molecular weight excluding hydrogens is 610 g/mol. The van der Waals surface area contributed by atoms with E-state index in [1.165, 1.54) is 11.8 Å². The van der Waals surface area contributed by atoms with Gasteiger partial charge in [-0.15, -0.1) is 0 Å². The number of aliphatic carboxylic acids is 1. The number of H-pyrrole nitrogens is 2. The molecule has 0 radical (unpaired) electrons. The highest BCUT2D eigenvalue weighted by molar-refractivity contribution is 7.98. The molecular formula is C32H39N7O6S. The molecule has 0 saturated heterocycles. The lowest BCUT2D eigenvalue weighted by molar-refractivity contribution is -0.142. The Bertz CT molecular complexity index is 1700. The number of hydrogen-bond acceptors (Lipinski definition) is 7. The minimum Gasteiger partial charge on any atom is -0.480 e. The Balaban J connectivity index is 1.44. The van der Waals surface area contributed by atoms with Gasteiger partial charge in [-0.3, -0.25) is 19.2 Å². The van der Waals surface area contributed by atoms with Gasteiger partial charge in [0.25, 0.3) is 0 Å². The predicted octanol–water partition coefficient (Wildman–Crippen LogP) is 1.32. The summed E-state index contributed by atoms with van der Waals surface area (Å²) in [6, 6.07) is 10.4. The van der Waals surface area contributed by atoms with Gasteiger partial charge in [-0.25, -0.2) is 4.79 Å². The molecule has 0 fully saturated rings. The van der Waals surface area contributed by atoms with Crippen molar-refractivity contribution >= 4 is 63.2 Å². The summed E-state index contributed by atoms with van der Waals surface area (Å²) in [5, 5.41) is 19.5. The van der Waals surface area contributed by atoms with E-state index in [9.17, 15) is 29.1 Å². The van der Waals surface area contributed by atoms with Gasteiger partial charge in [-0.1, -0.05) is 36.4 Å². The molecule has 0 aliphatic rings. The fourth-order valence-electron chi connectivity index (χ4n) is 5.23. The number of nitrogens with one attached hydrogen (secondary N) is 5. The van der Waals surface area contributed by atoms with Gasteiger partial charge in [0, 0.05) is 47.0 Å². The van der Waals surface area contributed by atoms with Crippen molar-refractivity contribution in [1.82, 2.24) is 25.9 Å². The number of carboxylic acid groups (broad SMARTS) is 1. The Morgan fingerprint density at radius 2 is 1.26 bits per heavy atom. The topological polar surface area (TPSA) is 225 Å². The van der Waals surface area contributed by atoms with Crippen molar-refractivity contribution in [3.63, 3.8) is 0 Å². The number of nitrogens with two attached hydrogens (primary N) is 2. The van der Waals surface area contributed by atoms with Gasteiger partial charge in [0.05, 0.1) is 6.04 Å². The van der Waals surface area contributed by atoms with E-state index in [0.29, 0.717) is 11.3 Å². The first-order valence-electron chi connectivity index (χ1n) is 14.8. The van der Waals surface area contributed by atoms with Crippen LogP contribution in [0.15, 0.2) is 60.9 Å². The monoisotopic (exact) mass is 649 g/mol. The summed E-state index contributed by atoms with van der Waals surface area (Å²) < 4.78 is 0. The maximum Gasteiger partial charge on any atom is 0.326 e. The van der Waals surface area contributed by atoms with Gasteiger partial charge in [0.1, 0.15) is 18.1 Å². The molecule has 2 heterocycles. The standard InChI is InChI=1S/C32H39N7O6S/c1-46-13-12-26(31(43)39-27(32(44)45)15-19-17-36-24-9-5-3-7-21(19)24)38-30(42)25(10-11-28(34)40)37-29(41)22(33)14-18-16-35-23-8-4-2-6-20(18)23/h2-9,16-17,22,25-27,35-36H,10-15,33H2,1H3,(H2,34,40)(H,37,41)(H,38,42)(H,39,43)(H,44,45). The number of rotatable bonds is 17. The second kappa shape index (κ2) is 16.0. The van der Waals surface area contributed by atoms with Crippen LogP contribution in [0.3, 0.4) is 0 Å². The van der Waals surface area contributed by atoms with Crippen LogP contribution in [0.4, 0.5) is 0 Å². The van der Waals surface area contributed by atoms with Crippen LogP contribution in [0.25, 0.3) is 21.8 Å². The van der Waals surface area contributed by atoms with Crippen LogP contribution in [0.1, 0.15) is 30.4 Å². The summed E-state index contributed by atoms with van der Waals surface area (Å²) in [4.78, 5) is 70.0. The molecule has 10 N–H and O–H groups in total. The first kappa shape index (κ1) is 34.1. The second-order valence-corrected chi connectivity index (χ2v) is 12.0. The van der Waals surface area contributed by atoms with Crippen LogP contribution in [-0.2, 0) is 36.8 Å². The molecule has 2 aromatic heterocycles. The summed E-state index contributed by atoms with van der Waals surface area (Å²) in [6.07, 6.45) is 5.37. The van der Waals surface area contributed by atoms with Crippen molar-refractivity contribution in [3.8, 4) is 0 Å². The zero-order chi connectivity index (χ0) is 33.2. The predicted molar refractivity (Wildman–Crippen MR) is 177 cm³/mol. The van der Waals surface area contributed by atoms with E-state index in [4.69, 9.17) is 11.5 Å². The summed E-state index contributed by atoms with van der Waals surface area (Å²) in [6.45, 7) is 0. The number of aromatic nitrogens is 2. The van der Waals surface area contributed by atoms with Crippen molar-refractivity contribution in [2.75, 3.05) is 12.0 Å². The molecule has 2 aromatic carbocycles. The fraction of sp³-hybridized carbons (Fsp3) is 0.344. The van der Waals surface area contributed by atoms with Gasteiger partial charge in [0.15, 0.2) is 0 Å². The van der Waals surface area contributed by atoms with E-state index in [1.54, 1.807) is 12.4 Å². The normalized spacial score (nSPS) is 13.9. The molecule has 0 aliphatic heterocycles. The Morgan fingerprint density at radius 3 is 1.80 bits per heavy atom. The number of thioether (sulfide) groups is 1. The van der Waals surface area contributed by atoms with Gasteiger partial charge in [-0.05, 0) is 54.5 Å². The zero-order valence-electron chi connectivity index (χ0n) is 25.4. The van der Waals surface area contributed by atoms with Crippen LogP contribution < -0.4 is 27.4 Å². The van der Waals surface area contributed by atoms with Crippen LogP contribution in [0.5, 0.6) is 0 Å². The van der Waals surface area contributed by atoms with Crippen LogP contribution >= 0.6 is 11.8 Å². The lowest BCUT2D eigenvalue weighted by atomic mass is 10.0. The quantitative estimate of drug-likeness (QED) is 0.0830. The number of carboxylic acids is 1. The highest BCUT2D eigenvalue weighted by Crippen LogP contribution is 2.20. The summed E-state index contributed by atoms with van der Waals surface area (Å²) in [5.41, 5.74) is 14.8. The minimum atomic E-state index is -1.27. The van der Waals surface area contributed by atoms with E-state index in [2.05, 4.69) is 25.9 Å². The van der Waals surface area contributed by atoms with Crippen molar-refractivity contribution in [1.29, 1.82) is 0 Å². The van der Waals surface area contributed by atoms with Crippen LogP contribution in [-0.4, -0.2) is 80.8 Å². The number of aromatic amines is 2. The summed E-state index contributed by atoms with van der Waals surface area (Å²) in [5.74, 6) is -3.46. The van der Waals surface area contributed by atoms with Gasteiger partial charge < -0.3 is 42.5 Å². The van der Waals surface area contributed by atoms with E-state index < -0.39 is 53.8 Å². The van der Waals surface area contributed by atoms with Gasteiger partial charge in [-0.2, -0.15) is 11.8 Å².